The second-order valence-corrected chi connectivity index (χ2v) is 8.07. The number of carbonyl (C=O) groups is 1. The number of anilines is 2. The number of ether oxygens (including phenoxy) is 1. The van der Waals surface area contributed by atoms with Crippen molar-refractivity contribution in [1.29, 1.82) is 0 Å². The molecule has 0 aliphatic carbocycles. The molecule has 0 bridgehead atoms. The molecule has 0 unspecified atom stereocenters. The summed E-state index contributed by atoms with van der Waals surface area (Å²) < 4.78 is 33.8. The molecule has 1 aromatic carbocycles. The SMILES string of the molecule is COc1ncc(NC(=O)c2[nH]cnc2C)cc1S(=O)(=O)Nc1c(C)cccc1C. The molecule has 9 nitrogen and oxygen atoms in total. The second kappa shape index (κ2) is 7.92. The van der Waals surface area contributed by atoms with Gasteiger partial charge in [0.1, 0.15) is 5.69 Å². The molecule has 0 saturated carbocycles. The summed E-state index contributed by atoms with van der Waals surface area (Å²) in [6.07, 6.45) is 2.72. The van der Waals surface area contributed by atoms with E-state index in [9.17, 15) is 13.2 Å². The number of imidazole rings is 1. The first-order valence-electron chi connectivity index (χ1n) is 8.67. The van der Waals surface area contributed by atoms with Crippen LogP contribution >= 0.6 is 0 Å². The van der Waals surface area contributed by atoms with Crippen LogP contribution in [0.2, 0.25) is 0 Å². The minimum Gasteiger partial charge on any atom is -0.480 e. The van der Waals surface area contributed by atoms with Crippen molar-refractivity contribution in [2.45, 2.75) is 25.7 Å². The molecule has 0 aliphatic rings. The Hall–Kier alpha value is -3.40. The number of aromatic nitrogens is 3. The van der Waals surface area contributed by atoms with Crippen molar-refractivity contribution >= 4 is 27.3 Å². The number of benzene rings is 1. The highest BCUT2D eigenvalue weighted by Gasteiger charge is 2.24. The molecule has 152 valence electrons. The predicted molar refractivity (Wildman–Crippen MR) is 109 cm³/mol. The number of nitrogens with zero attached hydrogens (tertiary/aromatic N) is 2. The summed E-state index contributed by atoms with van der Waals surface area (Å²) in [5.41, 5.74) is 3.04. The van der Waals surface area contributed by atoms with Crippen LogP contribution in [0.4, 0.5) is 11.4 Å². The largest absolute Gasteiger partial charge is 0.480 e. The normalized spacial score (nSPS) is 11.2. The van der Waals surface area contributed by atoms with Crippen molar-refractivity contribution in [2.24, 2.45) is 0 Å². The standard InChI is InChI=1S/C19H21N5O4S/c1-11-6-5-7-12(2)16(11)24-29(26,27)15-8-14(9-20-19(15)28-4)23-18(25)17-13(3)21-10-22-17/h5-10,24H,1-4H3,(H,21,22)(H,23,25). The van der Waals surface area contributed by atoms with E-state index in [1.807, 2.05) is 32.0 Å². The highest BCUT2D eigenvalue weighted by Crippen LogP contribution is 2.29. The van der Waals surface area contributed by atoms with E-state index in [1.54, 1.807) is 6.92 Å². The van der Waals surface area contributed by atoms with Crippen molar-refractivity contribution in [3.8, 4) is 5.88 Å². The molecule has 2 aromatic heterocycles. The highest BCUT2D eigenvalue weighted by atomic mass is 32.2. The predicted octanol–water partition coefficient (Wildman–Crippen LogP) is 2.79. The average molecular weight is 415 g/mol. The molecule has 0 radical (unpaired) electrons. The van der Waals surface area contributed by atoms with Gasteiger partial charge in [0.15, 0.2) is 4.90 Å². The van der Waals surface area contributed by atoms with Crippen LogP contribution in [0, 0.1) is 20.8 Å². The van der Waals surface area contributed by atoms with E-state index in [2.05, 4.69) is 25.0 Å². The van der Waals surface area contributed by atoms with Gasteiger partial charge >= 0.3 is 0 Å². The van der Waals surface area contributed by atoms with Crippen LogP contribution in [0.3, 0.4) is 0 Å². The summed E-state index contributed by atoms with van der Waals surface area (Å²) in [5.74, 6) is -0.544. The Kier molecular flexibility index (Phi) is 5.55. The maximum atomic E-state index is 13.0. The zero-order valence-corrected chi connectivity index (χ0v) is 17.2. The third kappa shape index (κ3) is 4.21. The molecule has 1 amide bonds. The molecular weight excluding hydrogens is 394 g/mol. The lowest BCUT2D eigenvalue weighted by atomic mass is 10.1. The van der Waals surface area contributed by atoms with Gasteiger partial charge in [-0.1, -0.05) is 18.2 Å². The van der Waals surface area contributed by atoms with Gasteiger partial charge in [-0.05, 0) is 38.0 Å². The quantitative estimate of drug-likeness (QED) is 0.568. The van der Waals surface area contributed by atoms with E-state index in [4.69, 9.17) is 4.74 Å². The number of amides is 1. The zero-order valence-electron chi connectivity index (χ0n) is 16.4. The first-order chi connectivity index (χ1) is 13.7. The molecule has 10 heteroatoms. The summed E-state index contributed by atoms with van der Waals surface area (Å²) in [4.78, 5) is 22.9. The van der Waals surface area contributed by atoms with Crippen molar-refractivity contribution in [1.82, 2.24) is 15.0 Å². The summed E-state index contributed by atoms with van der Waals surface area (Å²) >= 11 is 0. The van der Waals surface area contributed by atoms with E-state index < -0.39 is 15.9 Å². The van der Waals surface area contributed by atoms with Crippen LogP contribution in [-0.4, -0.2) is 36.4 Å². The number of pyridine rings is 1. The molecular formula is C19H21N5O4S. The van der Waals surface area contributed by atoms with Gasteiger partial charge in [0, 0.05) is 0 Å². The van der Waals surface area contributed by atoms with Crippen LogP contribution in [0.5, 0.6) is 5.88 Å². The number of aromatic amines is 1. The number of hydrogen-bond donors (Lipinski definition) is 3. The molecule has 3 aromatic rings. The number of hydrogen-bond acceptors (Lipinski definition) is 6. The van der Waals surface area contributed by atoms with Gasteiger partial charge in [-0.2, -0.15) is 0 Å². The lowest BCUT2D eigenvalue weighted by molar-refractivity contribution is 0.102. The van der Waals surface area contributed by atoms with Gasteiger partial charge in [-0.25, -0.2) is 18.4 Å². The number of para-hydroxylation sites is 1. The Morgan fingerprint density at radius 2 is 1.83 bits per heavy atom. The van der Waals surface area contributed by atoms with Crippen LogP contribution in [0.25, 0.3) is 0 Å². The molecule has 0 aliphatic heterocycles. The van der Waals surface area contributed by atoms with Gasteiger partial charge in [0.25, 0.3) is 15.9 Å². The average Bonchev–Trinajstić information content (AvgIpc) is 3.11. The van der Waals surface area contributed by atoms with Gasteiger partial charge in [-0.3, -0.25) is 9.52 Å². The van der Waals surface area contributed by atoms with E-state index in [0.717, 1.165) is 11.1 Å². The Morgan fingerprint density at radius 1 is 1.14 bits per heavy atom. The molecule has 0 spiro atoms. The molecule has 0 saturated heterocycles. The summed E-state index contributed by atoms with van der Waals surface area (Å²) in [7, 11) is -2.70. The summed E-state index contributed by atoms with van der Waals surface area (Å²) in [6.45, 7) is 5.30. The number of H-pyrrole nitrogens is 1. The molecule has 3 N–H and O–H groups in total. The molecule has 3 rings (SSSR count). The number of aryl methyl sites for hydroxylation is 3. The number of methoxy groups -OCH3 is 1. The van der Waals surface area contributed by atoms with Crippen LogP contribution in [0.1, 0.15) is 27.3 Å². The number of nitrogens with one attached hydrogen (secondary N) is 3. The first kappa shape index (κ1) is 20.3. The maximum Gasteiger partial charge on any atom is 0.274 e. The Bertz CT molecular complexity index is 1150. The topological polar surface area (TPSA) is 126 Å². The fourth-order valence-corrected chi connectivity index (χ4v) is 4.15. The van der Waals surface area contributed by atoms with E-state index >= 15 is 0 Å². The highest BCUT2D eigenvalue weighted by molar-refractivity contribution is 7.92. The summed E-state index contributed by atoms with van der Waals surface area (Å²) in [6, 6.07) is 6.76. The molecule has 0 fully saturated rings. The van der Waals surface area contributed by atoms with Crippen molar-refractivity contribution in [2.75, 3.05) is 17.1 Å². The Morgan fingerprint density at radius 3 is 2.41 bits per heavy atom. The van der Waals surface area contributed by atoms with Gasteiger partial charge < -0.3 is 15.0 Å². The Labute approximate surface area is 168 Å². The zero-order chi connectivity index (χ0) is 21.2. The molecule has 2 heterocycles. The van der Waals surface area contributed by atoms with E-state index in [-0.39, 0.29) is 22.2 Å². The minimum atomic E-state index is -4.03. The fraction of sp³-hybridized carbons (Fsp3) is 0.211. The number of carbonyl (C=O) groups excluding carboxylic acids is 1. The van der Waals surface area contributed by atoms with Crippen LogP contribution < -0.4 is 14.8 Å². The molecule has 0 atom stereocenters. The van der Waals surface area contributed by atoms with Gasteiger partial charge in [-0.15, -0.1) is 0 Å². The number of sulfonamides is 1. The monoisotopic (exact) mass is 415 g/mol. The Balaban J connectivity index is 1.96. The van der Waals surface area contributed by atoms with Gasteiger partial charge in [0.05, 0.1) is 36.7 Å². The lowest BCUT2D eigenvalue weighted by Gasteiger charge is -2.15. The third-order valence-electron chi connectivity index (χ3n) is 4.33. The maximum absolute atomic E-state index is 13.0. The van der Waals surface area contributed by atoms with E-state index in [1.165, 1.54) is 25.7 Å². The van der Waals surface area contributed by atoms with Gasteiger partial charge in [0.2, 0.25) is 5.88 Å². The fourth-order valence-electron chi connectivity index (χ4n) is 2.80. The van der Waals surface area contributed by atoms with Crippen molar-refractivity contribution < 1.29 is 17.9 Å². The van der Waals surface area contributed by atoms with Crippen molar-refractivity contribution in [3.63, 3.8) is 0 Å². The number of rotatable bonds is 6. The molecule has 29 heavy (non-hydrogen) atoms. The van der Waals surface area contributed by atoms with Crippen molar-refractivity contribution in [3.05, 3.63) is 59.3 Å². The third-order valence-corrected chi connectivity index (χ3v) is 5.68. The lowest BCUT2D eigenvalue weighted by Crippen LogP contribution is -2.18. The smallest absolute Gasteiger partial charge is 0.274 e. The minimum absolute atomic E-state index is 0.0838. The van der Waals surface area contributed by atoms with E-state index in [0.29, 0.717) is 11.4 Å². The van der Waals surface area contributed by atoms with Crippen LogP contribution in [-0.2, 0) is 10.0 Å². The summed E-state index contributed by atoms with van der Waals surface area (Å²) in [5, 5.41) is 2.62. The second-order valence-electron chi connectivity index (χ2n) is 6.42. The van der Waals surface area contributed by atoms with Crippen LogP contribution in [0.15, 0.2) is 41.7 Å². The first-order valence-corrected chi connectivity index (χ1v) is 10.2.